The van der Waals surface area contributed by atoms with Gasteiger partial charge in [-0.25, -0.2) is 0 Å². The summed E-state index contributed by atoms with van der Waals surface area (Å²) in [6.07, 6.45) is 0.713. The van der Waals surface area contributed by atoms with Crippen LogP contribution in [0.2, 0.25) is 5.02 Å². The van der Waals surface area contributed by atoms with E-state index >= 15 is 0 Å². The molecule has 0 aliphatic heterocycles. The van der Waals surface area contributed by atoms with Crippen LogP contribution in [0.4, 0.5) is 0 Å². The Labute approximate surface area is 141 Å². The standard InChI is InChI=1S/C14H13ClN4O3S/c1-2-11-16-18-13(21-11)8-23-14-19-17-12(22-14)7-20-10-5-3-9(15)4-6-10/h3-6H,2,7-8H2,1H3. The maximum Gasteiger partial charge on any atom is 0.277 e. The molecule has 2 heterocycles. The lowest BCUT2D eigenvalue weighted by Gasteiger charge is -2.02. The van der Waals surface area contributed by atoms with E-state index in [0.717, 1.165) is 0 Å². The lowest BCUT2D eigenvalue weighted by Crippen LogP contribution is -1.95. The van der Waals surface area contributed by atoms with Gasteiger partial charge in [0.25, 0.3) is 11.1 Å². The van der Waals surface area contributed by atoms with E-state index in [0.29, 0.717) is 45.8 Å². The molecular weight excluding hydrogens is 340 g/mol. The average Bonchev–Trinajstić information content (AvgIpc) is 3.21. The smallest absolute Gasteiger partial charge is 0.277 e. The van der Waals surface area contributed by atoms with Crippen molar-refractivity contribution in [1.82, 2.24) is 20.4 Å². The number of aromatic nitrogens is 4. The molecule has 0 N–H and O–H groups in total. The van der Waals surface area contributed by atoms with Gasteiger partial charge < -0.3 is 13.6 Å². The number of rotatable bonds is 7. The normalized spacial score (nSPS) is 10.9. The van der Waals surface area contributed by atoms with Crippen molar-refractivity contribution in [3.8, 4) is 5.75 Å². The molecule has 0 saturated carbocycles. The Morgan fingerprint density at radius 1 is 1.00 bits per heavy atom. The summed E-state index contributed by atoms with van der Waals surface area (Å²) in [6, 6.07) is 7.05. The zero-order valence-electron chi connectivity index (χ0n) is 12.2. The second kappa shape index (κ2) is 7.47. The van der Waals surface area contributed by atoms with Crippen LogP contribution in [0.1, 0.15) is 24.6 Å². The second-order valence-corrected chi connectivity index (χ2v) is 5.80. The maximum atomic E-state index is 5.81. The monoisotopic (exact) mass is 352 g/mol. The number of thioether (sulfide) groups is 1. The summed E-state index contributed by atoms with van der Waals surface area (Å²) < 4.78 is 16.4. The van der Waals surface area contributed by atoms with Gasteiger partial charge in [0.15, 0.2) is 6.61 Å². The third-order valence-corrected chi connectivity index (χ3v) is 3.81. The Hall–Kier alpha value is -2.06. The van der Waals surface area contributed by atoms with Gasteiger partial charge >= 0.3 is 0 Å². The molecule has 0 unspecified atom stereocenters. The number of ether oxygens (including phenoxy) is 1. The summed E-state index contributed by atoms with van der Waals surface area (Å²) in [4.78, 5) is 0. The van der Waals surface area contributed by atoms with Crippen LogP contribution in [0.3, 0.4) is 0 Å². The predicted octanol–water partition coefficient (Wildman–Crippen LogP) is 3.54. The molecule has 0 aliphatic carbocycles. The van der Waals surface area contributed by atoms with E-state index in [1.54, 1.807) is 24.3 Å². The van der Waals surface area contributed by atoms with Crippen LogP contribution in [0.5, 0.6) is 5.75 Å². The molecule has 120 valence electrons. The first-order valence-corrected chi connectivity index (χ1v) is 8.24. The van der Waals surface area contributed by atoms with Crippen LogP contribution >= 0.6 is 23.4 Å². The third-order valence-electron chi connectivity index (χ3n) is 2.75. The van der Waals surface area contributed by atoms with Crippen molar-refractivity contribution in [2.75, 3.05) is 0 Å². The number of halogens is 1. The minimum Gasteiger partial charge on any atom is -0.484 e. The number of hydrogen-bond donors (Lipinski definition) is 0. The number of benzene rings is 1. The molecule has 0 atom stereocenters. The minimum atomic E-state index is 0.190. The molecule has 3 aromatic rings. The van der Waals surface area contributed by atoms with Crippen molar-refractivity contribution < 1.29 is 13.6 Å². The summed E-state index contributed by atoms with van der Waals surface area (Å²) in [5.74, 6) is 2.70. The van der Waals surface area contributed by atoms with Crippen LogP contribution in [0, 0.1) is 0 Å². The topological polar surface area (TPSA) is 87.1 Å². The van der Waals surface area contributed by atoms with Gasteiger partial charge in [-0.15, -0.1) is 20.4 Å². The van der Waals surface area contributed by atoms with E-state index in [1.165, 1.54) is 11.8 Å². The molecule has 0 spiro atoms. The average molecular weight is 353 g/mol. The molecule has 0 radical (unpaired) electrons. The minimum absolute atomic E-state index is 0.190. The van der Waals surface area contributed by atoms with E-state index < -0.39 is 0 Å². The van der Waals surface area contributed by atoms with Gasteiger partial charge in [0, 0.05) is 11.4 Å². The zero-order valence-corrected chi connectivity index (χ0v) is 13.8. The SMILES string of the molecule is CCc1nnc(CSc2nnc(COc3ccc(Cl)cc3)o2)o1. The maximum absolute atomic E-state index is 5.81. The van der Waals surface area contributed by atoms with Crippen molar-refractivity contribution >= 4 is 23.4 Å². The molecule has 0 fully saturated rings. The molecule has 7 nitrogen and oxygen atoms in total. The van der Waals surface area contributed by atoms with E-state index in [1.807, 2.05) is 6.92 Å². The van der Waals surface area contributed by atoms with Crippen molar-refractivity contribution in [2.24, 2.45) is 0 Å². The Balaban J connectivity index is 1.50. The van der Waals surface area contributed by atoms with Crippen LogP contribution in [0.15, 0.2) is 38.3 Å². The fraction of sp³-hybridized carbons (Fsp3) is 0.286. The van der Waals surface area contributed by atoms with Gasteiger partial charge in [0.2, 0.25) is 11.8 Å². The first-order valence-electron chi connectivity index (χ1n) is 6.87. The molecule has 0 aliphatic rings. The predicted molar refractivity (Wildman–Crippen MR) is 83.3 cm³/mol. The van der Waals surface area contributed by atoms with E-state index in [4.69, 9.17) is 25.2 Å². The van der Waals surface area contributed by atoms with E-state index in [9.17, 15) is 0 Å². The Bertz CT molecular complexity index is 759. The Kier molecular flexibility index (Phi) is 5.14. The fourth-order valence-corrected chi connectivity index (χ4v) is 2.39. The van der Waals surface area contributed by atoms with Crippen molar-refractivity contribution in [3.63, 3.8) is 0 Å². The third kappa shape index (κ3) is 4.46. The highest BCUT2D eigenvalue weighted by Gasteiger charge is 2.11. The molecule has 3 rings (SSSR count). The van der Waals surface area contributed by atoms with Crippen LogP contribution < -0.4 is 4.74 Å². The molecule has 9 heteroatoms. The largest absolute Gasteiger partial charge is 0.484 e. The molecule has 1 aromatic carbocycles. The van der Waals surface area contributed by atoms with E-state index in [2.05, 4.69) is 20.4 Å². The summed E-state index contributed by atoms with van der Waals surface area (Å²) in [5, 5.41) is 16.8. The van der Waals surface area contributed by atoms with Crippen molar-refractivity contribution in [2.45, 2.75) is 30.9 Å². The molecular formula is C14H13ClN4O3S. The van der Waals surface area contributed by atoms with Gasteiger partial charge in [-0.3, -0.25) is 0 Å². The summed E-state index contributed by atoms with van der Waals surface area (Å²) in [7, 11) is 0. The highest BCUT2D eigenvalue weighted by Crippen LogP contribution is 2.22. The lowest BCUT2D eigenvalue weighted by molar-refractivity contribution is 0.252. The van der Waals surface area contributed by atoms with Crippen LogP contribution in [0.25, 0.3) is 0 Å². The van der Waals surface area contributed by atoms with E-state index in [-0.39, 0.29) is 6.61 Å². The molecule has 2 aromatic heterocycles. The summed E-state index contributed by atoms with van der Waals surface area (Å²) >= 11 is 7.14. The number of hydrogen-bond acceptors (Lipinski definition) is 8. The van der Waals surface area contributed by atoms with Gasteiger partial charge in [-0.05, 0) is 24.3 Å². The first-order chi connectivity index (χ1) is 11.2. The first kappa shape index (κ1) is 15.8. The quantitative estimate of drug-likeness (QED) is 0.597. The van der Waals surface area contributed by atoms with Crippen LogP contribution in [-0.4, -0.2) is 20.4 Å². The molecule has 23 heavy (non-hydrogen) atoms. The van der Waals surface area contributed by atoms with Crippen LogP contribution in [-0.2, 0) is 18.8 Å². The lowest BCUT2D eigenvalue weighted by atomic mass is 10.3. The molecule has 0 bridgehead atoms. The Morgan fingerprint density at radius 2 is 1.74 bits per heavy atom. The number of aryl methyl sites for hydroxylation is 1. The van der Waals surface area contributed by atoms with Gasteiger partial charge in [0.05, 0.1) is 5.75 Å². The summed E-state index contributed by atoms with van der Waals surface area (Å²) in [6.45, 7) is 2.14. The fourth-order valence-electron chi connectivity index (χ4n) is 1.64. The van der Waals surface area contributed by atoms with Crippen molar-refractivity contribution in [1.29, 1.82) is 0 Å². The Morgan fingerprint density at radius 3 is 2.48 bits per heavy atom. The highest BCUT2D eigenvalue weighted by atomic mass is 35.5. The molecule has 0 saturated heterocycles. The molecule has 0 amide bonds. The van der Waals surface area contributed by atoms with Gasteiger partial charge in [-0.2, -0.15) is 0 Å². The van der Waals surface area contributed by atoms with Crippen molar-refractivity contribution in [3.05, 3.63) is 47.0 Å². The highest BCUT2D eigenvalue weighted by molar-refractivity contribution is 7.98. The van der Waals surface area contributed by atoms with Gasteiger partial charge in [0.1, 0.15) is 5.75 Å². The second-order valence-electron chi connectivity index (χ2n) is 4.44. The number of nitrogens with zero attached hydrogens (tertiary/aromatic N) is 4. The van der Waals surface area contributed by atoms with Gasteiger partial charge in [-0.1, -0.05) is 30.3 Å². The zero-order chi connectivity index (χ0) is 16.1. The summed E-state index contributed by atoms with van der Waals surface area (Å²) in [5.41, 5.74) is 0.